The number of hydrogen-bond acceptors (Lipinski definition) is 4. The van der Waals surface area contributed by atoms with Crippen molar-refractivity contribution < 1.29 is 19.1 Å². The number of ether oxygens (including phenoxy) is 1. The van der Waals surface area contributed by atoms with Crippen LogP contribution in [0.3, 0.4) is 0 Å². The SMILES string of the molecule is CC(=O)OC(=O)C(C(C)=O)c1ccccc1. The summed E-state index contributed by atoms with van der Waals surface area (Å²) in [4.78, 5) is 33.5. The molecule has 0 spiro atoms. The van der Waals surface area contributed by atoms with Crippen LogP contribution in [0.15, 0.2) is 30.3 Å². The zero-order valence-corrected chi connectivity index (χ0v) is 9.10. The van der Waals surface area contributed by atoms with Crippen molar-refractivity contribution in [3.63, 3.8) is 0 Å². The van der Waals surface area contributed by atoms with E-state index in [1.165, 1.54) is 6.92 Å². The highest BCUT2D eigenvalue weighted by molar-refractivity contribution is 6.05. The predicted octanol–water partition coefficient (Wildman–Crippen LogP) is 1.45. The van der Waals surface area contributed by atoms with Gasteiger partial charge in [-0.25, -0.2) is 0 Å². The van der Waals surface area contributed by atoms with Gasteiger partial charge in [0.1, 0.15) is 11.7 Å². The zero-order chi connectivity index (χ0) is 12.1. The number of rotatable bonds is 3. The van der Waals surface area contributed by atoms with Gasteiger partial charge in [0.25, 0.3) is 0 Å². The van der Waals surface area contributed by atoms with Crippen LogP contribution in [0.2, 0.25) is 0 Å². The Balaban J connectivity index is 2.97. The van der Waals surface area contributed by atoms with Gasteiger partial charge in [-0.3, -0.25) is 14.4 Å². The van der Waals surface area contributed by atoms with E-state index in [1.54, 1.807) is 30.3 Å². The minimum absolute atomic E-state index is 0.350. The van der Waals surface area contributed by atoms with E-state index in [4.69, 9.17) is 0 Å². The molecule has 1 unspecified atom stereocenters. The number of hydrogen-bond donors (Lipinski definition) is 0. The summed E-state index contributed by atoms with van der Waals surface area (Å²) in [5.41, 5.74) is 0.529. The maximum absolute atomic E-state index is 11.5. The minimum atomic E-state index is -1.02. The van der Waals surface area contributed by atoms with Crippen LogP contribution in [0.4, 0.5) is 0 Å². The Kier molecular flexibility index (Phi) is 3.94. The van der Waals surface area contributed by atoms with Crippen LogP contribution in [0.5, 0.6) is 0 Å². The van der Waals surface area contributed by atoms with Gasteiger partial charge in [0.15, 0.2) is 0 Å². The second kappa shape index (κ2) is 5.21. The lowest BCUT2D eigenvalue weighted by Gasteiger charge is -2.11. The maximum Gasteiger partial charge on any atom is 0.328 e. The van der Waals surface area contributed by atoms with Crippen LogP contribution >= 0.6 is 0 Å². The molecule has 0 aromatic heterocycles. The van der Waals surface area contributed by atoms with Gasteiger partial charge in [-0.2, -0.15) is 0 Å². The molecule has 0 saturated heterocycles. The fraction of sp³-hybridized carbons (Fsp3) is 0.250. The van der Waals surface area contributed by atoms with Crippen molar-refractivity contribution >= 4 is 17.7 Å². The first-order valence-electron chi connectivity index (χ1n) is 4.80. The lowest BCUT2D eigenvalue weighted by Crippen LogP contribution is -2.23. The zero-order valence-electron chi connectivity index (χ0n) is 9.10. The Morgan fingerprint density at radius 3 is 2.06 bits per heavy atom. The van der Waals surface area contributed by atoms with Crippen LogP contribution in [0.1, 0.15) is 25.3 Å². The molecular formula is C12H12O4. The Hall–Kier alpha value is -1.97. The summed E-state index contributed by atoms with van der Waals surface area (Å²) in [6.07, 6.45) is 0. The van der Waals surface area contributed by atoms with Crippen molar-refractivity contribution in [3.05, 3.63) is 35.9 Å². The van der Waals surface area contributed by atoms with E-state index < -0.39 is 17.9 Å². The van der Waals surface area contributed by atoms with Gasteiger partial charge < -0.3 is 4.74 Å². The van der Waals surface area contributed by atoms with Crippen molar-refractivity contribution in [1.82, 2.24) is 0 Å². The summed E-state index contributed by atoms with van der Waals surface area (Å²) >= 11 is 0. The van der Waals surface area contributed by atoms with Gasteiger partial charge >= 0.3 is 11.9 Å². The van der Waals surface area contributed by atoms with Crippen molar-refractivity contribution in [1.29, 1.82) is 0 Å². The van der Waals surface area contributed by atoms with Gasteiger partial charge in [-0.1, -0.05) is 30.3 Å². The molecule has 0 fully saturated rings. The fourth-order valence-electron chi connectivity index (χ4n) is 1.38. The summed E-state index contributed by atoms with van der Waals surface area (Å²) in [6, 6.07) is 8.50. The average Bonchev–Trinajstić information content (AvgIpc) is 2.17. The molecule has 4 heteroatoms. The Bertz CT molecular complexity index is 408. The predicted molar refractivity (Wildman–Crippen MR) is 56.6 cm³/mol. The molecular weight excluding hydrogens is 208 g/mol. The van der Waals surface area contributed by atoms with Crippen LogP contribution in [-0.2, 0) is 19.1 Å². The molecule has 1 aromatic carbocycles. The van der Waals surface area contributed by atoms with Gasteiger partial charge in [-0.15, -0.1) is 0 Å². The number of carbonyl (C=O) groups is 3. The number of ketones is 1. The summed E-state index contributed by atoms with van der Waals surface area (Å²) in [5, 5.41) is 0. The maximum atomic E-state index is 11.5. The molecule has 0 N–H and O–H groups in total. The molecule has 0 aliphatic rings. The third-order valence-electron chi connectivity index (χ3n) is 2.02. The molecule has 1 atom stereocenters. The molecule has 1 rings (SSSR count). The van der Waals surface area contributed by atoms with Crippen molar-refractivity contribution in [2.24, 2.45) is 0 Å². The molecule has 0 aliphatic heterocycles. The van der Waals surface area contributed by atoms with Crippen LogP contribution in [0.25, 0.3) is 0 Å². The number of carbonyl (C=O) groups excluding carboxylic acids is 3. The Morgan fingerprint density at radius 2 is 1.62 bits per heavy atom. The van der Waals surface area contributed by atoms with Crippen molar-refractivity contribution in [3.8, 4) is 0 Å². The number of Topliss-reactive ketones (excluding diaryl/α,β-unsaturated/α-hetero) is 1. The molecule has 1 aromatic rings. The highest BCUT2D eigenvalue weighted by atomic mass is 16.6. The fourth-order valence-corrected chi connectivity index (χ4v) is 1.38. The topological polar surface area (TPSA) is 60.4 Å². The number of benzene rings is 1. The van der Waals surface area contributed by atoms with E-state index in [0.29, 0.717) is 5.56 Å². The molecule has 0 heterocycles. The second-order valence-electron chi connectivity index (χ2n) is 3.37. The molecule has 0 radical (unpaired) electrons. The lowest BCUT2D eigenvalue weighted by atomic mass is 9.96. The molecule has 0 bridgehead atoms. The minimum Gasteiger partial charge on any atom is -0.393 e. The van der Waals surface area contributed by atoms with Gasteiger partial charge in [0, 0.05) is 6.92 Å². The first-order valence-corrected chi connectivity index (χ1v) is 4.80. The van der Waals surface area contributed by atoms with E-state index in [9.17, 15) is 14.4 Å². The number of esters is 2. The highest BCUT2D eigenvalue weighted by Crippen LogP contribution is 2.18. The van der Waals surface area contributed by atoms with E-state index in [2.05, 4.69) is 4.74 Å². The molecule has 0 saturated carbocycles. The highest BCUT2D eigenvalue weighted by Gasteiger charge is 2.27. The molecule has 16 heavy (non-hydrogen) atoms. The molecule has 84 valence electrons. The van der Waals surface area contributed by atoms with Crippen LogP contribution in [0, 0.1) is 0 Å². The first-order chi connectivity index (χ1) is 7.52. The largest absolute Gasteiger partial charge is 0.393 e. The van der Waals surface area contributed by atoms with Crippen LogP contribution in [-0.4, -0.2) is 17.7 Å². The monoisotopic (exact) mass is 220 g/mol. The lowest BCUT2D eigenvalue weighted by molar-refractivity contribution is -0.159. The summed E-state index contributed by atoms with van der Waals surface area (Å²) in [7, 11) is 0. The summed E-state index contributed by atoms with van der Waals surface area (Å²) in [6.45, 7) is 2.42. The van der Waals surface area contributed by atoms with E-state index in [1.807, 2.05) is 0 Å². The second-order valence-corrected chi connectivity index (χ2v) is 3.37. The van der Waals surface area contributed by atoms with Gasteiger partial charge in [0.05, 0.1) is 0 Å². The third kappa shape index (κ3) is 3.02. The third-order valence-corrected chi connectivity index (χ3v) is 2.02. The average molecular weight is 220 g/mol. The molecule has 4 nitrogen and oxygen atoms in total. The molecule has 0 amide bonds. The van der Waals surface area contributed by atoms with Crippen LogP contribution < -0.4 is 0 Å². The van der Waals surface area contributed by atoms with E-state index >= 15 is 0 Å². The Labute approximate surface area is 93.2 Å². The quantitative estimate of drug-likeness (QED) is 0.571. The van der Waals surface area contributed by atoms with Crippen molar-refractivity contribution in [2.75, 3.05) is 0 Å². The Morgan fingerprint density at radius 1 is 1.06 bits per heavy atom. The standard InChI is InChI=1S/C12H12O4/c1-8(13)11(12(15)16-9(2)14)10-6-4-3-5-7-10/h3-7,11H,1-2H3. The van der Waals surface area contributed by atoms with Gasteiger partial charge in [-0.05, 0) is 12.5 Å². The normalized spacial score (nSPS) is 11.6. The summed E-state index contributed by atoms with van der Waals surface area (Å²) in [5.74, 6) is -2.92. The van der Waals surface area contributed by atoms with E-state index in [0.717, 1.165) is 6.92 Å². The molecule has 0 aliphatic carbocycles. The first kappa shape index (κ1) is 12.1. The van der Waals surface area contributed by atoms with Gasteiger partial charge in [0.2, 0.25) is 0 Å². The van der Waals surface area contributed by atoms with Crippen molar-refractivity contribution in [2.45, 2.75) is 19.8 Å². The summed E-state index contributed by atoms with van der Waals surface area (Å²) < 4.78 is 4.43. The smallest absolute Gasteiger partial charge is 0.328 e. The van der Waals surface area contributed by atoms with E-state index in [-0.39, 0.29) is 5.78 Å².